The van der Waals surface area contributed by atoms with Gasteiger partial charge in [0.1, 0.15) is 6.54 Å². The summed E-state index contributed by atoms with van der Waals surface area (Å²) in [7, 11) is 0. The van der Waals surface area contributed by atoms with Crippen LogP contribution in [0.5, 0.6) is 0 Å². The van der Waals surface area contributed by atoms with E-state index in [4.69, 9.17) is 0 Å². The molecular formula is C21H28N4O3. The maximum atomic E-state index is 12.7. The highest BCUT2D eigenvalue weighted by molar-refractivity contribution is 6.10. The average Bonchev–Trinajstić information content (AvgIpc) is 2.93. The third kappa shape index (κ3) is 4.25. The predicted octanol–water partition coefficient (Wildman–Crippen LogP) is 1.17. The van der Waals surface area contributed by atoms with E-state index in [1.54, 1.807) is 11.0 Å². The summed E-state index contributed by atoms with van der Waals surface area (Å²) >= 11 is 0. The Hall–Kier alpha value is -2.67. The third-order valence-corrected chi connectivity index (χ3v) is 5.44. The van der Waals surface area contributed by atoms with Crippen LogP contribution in [0.3, 0.4) is 0 Å². The molecule has 0 radical (unpaired) electrons. The van der Waals surface area contributed by atoms with Crippen molar-refractivity contribution in [1.29, 1.82) is 0 Å². The van der Waals surface area contributed by atoms with Crippen molar-refractivity contribution >= 4 is 23.4 Å². The zero-order chi connectivity index (χ0) is 20.3. The lowest BCUT2D eigenvalue weighted by molar-refractivity contribution is -0.133. The molecule has 1 N–H and O–H groups in total. The van der Waals surface area contributed by atoms with E-state index in [1.807, 2.05) is 32.0 Å². The zero-order valence-electron chi connectivity index (χ0n) is 16.6. The van der Waals surface area contributed by atoms with E-state index in [0.29, 0.717) is 44.0 Å². The van der Waals surface area contributed by atoms with E-state index < -0.39 is 0 Å². The second-order valence-corrected chi connectivity index (χ2v) is 7.42. The summed E-state index contributed by atoms with van der Waals surface area (Å²) in [5.41, 5.74) is 1.96. The van der Waals surface area contributed by atoms with E-state index in [-0.39, 0.29) is 30.3 Å². The summed E-state index contributed by atoms with van der Waals surface area (Å²) in [6.45, 7) is 10.8. The molecule has 7 heteroatoms. The summed E-state index contributed by atoms with van der Waals surface area (Å²) in [6, 6.07) is 7.45. The van der Waals surface area contributed by atoms with Gasteiger partial charge in [-0.05, 0) is 19.4 Å². The van der Waals surface area contributed by atoms with Gasteiger partial charge in [0.05, 0.1) is 6.54 Å². The fraction of sp³-hybridized carbons (Fsp3) is 0.476. The maximum Gasteiger partial charge on any atom is 0.259 e. The predicted molar refractivity (Wildman–Crippen MR) is 107 cm³/mol. The van der Waals surface area contributed by atoms with Crippen molar-refractivity contribution in [1.82, 2.24) is 20.0 Å². The molecule has 28 heavy (non-hydrogen) atoms. The number of amides is 3. The fourth-order valence-electron chi connectivity index (χ4n) is 3.52. The van der Waals surface area contributed by atoms with E-state index in [2.05, 4.69) is 16.8 Å². The first-order chi connectivity index (χ1) is 13.4. The Morgan fingerprint density at radius 3 is 2.36 bits per heavy atom. The summed E-state index contributed by atoms with van der Waals surface area (Å²) in [6.07, 6.45) is 0.901. The molecule has 1 saturated heterocycles. The molecule has 0 aromatic heterocycles. The van der Waals surface area contributed by atoms with Crippen molar-refractivity contribution in [2.75, 3.05) is 39.3 Å². The highest BCUT2D eigenvalue weighted by atomic mass is 16.2. The lowest BCUT2D eigenvalue weighted by Gasteiger charge is -2.35. The Labute approximate surface area is 166 Å². The number of carbonyl (C=O) groups is 3. The molecule has 2 aliphatic heterocycles. The minimum absolute atomic E-state index is 0.000841. The molecule has 1 fully saturated rings. The number of nitrogens with zero attached hydrogens (tertiary/aromatic N) is 3. The Morgan fingerprint density at radius 2 is 1.75 bits per heavy atom. The molecule has 2 aliphatic rings. The molecule has 0 aliphatic carbocycles. The van der Waals surface area contributed by atoms with Gasteiger partial charge in [-0.25, -0.2) is 0 Å². The van der Waals surface area contributed by atoms with Crippen LogP contribution in [0.1, 0.15) is 36.2 Å². The first-order valence-electron chi connectivity index (χ1n) is 9.80. The zero-order valence-corrected chi connectivity index (χ0v) is 16.6. The van der Waals surface area contributed by atoms with Gasteiger partial charge in [0, 0.05) is 49.0 Å². The van der Waals surface area contributed by atoms with Crippen LogP contribution in [0.25, 0.3) is 5.70 Å². The number of fused-ring (bicyclic) bond motifs is 1. The van der Waals surface area contributed by atoms with Gasteiger partial charge in [-0.3, -0.25) is 24.2 Å². The summed E-state index contributed by atoms with van der Waals surface area (Å²) < 4.78 is 0. The van der Waals surface area contributed by atoms with Crippen molar-refractivity contribution in [3.05, 3.63) is 42.0 Å². The van der Waals surface area contributed by atoms with Crippen LogP contribution in [0.15, 0.2) is 30.8 Å². The van der Waals surface area contributed by atoms with Crippen LogP contribution in [-0.2, 0) is 9.59 Å². The first kappa shape index (κ1) is 20.1. The Kier molecular flexibility index (Phi) is 6.14. The molecule has 0 spiro atoms. The highest BCUT2D eigenvalue weighted by Crippen LogP contribution is 2.30. The lowest BCUT2D eigenvalue weighted by atomic mass is 10.1. The van der Waals surface area contributed by atoms with Gasteiger partial charge in [0.2, 0.25) is 11.8 Å². The SMILES string of the molecule is C=C1c2ccccc2C(=O)N1CC(=O)N1CCN(CC(=O)NC(C)CC)CC1. The number of piperazine rings is 1. The largest absolute Gasteiger partial charge is 0.353 e. The number of hydrogen-bond donors (Lipinski definition) is 1. The molecule has 1 aromatic carbocycles. The van der Waals surface area contributed by atoms with Crippen molar-refractivity contribution in [2.45, 2.75) is 26.3 Å². The third-order valence-electron chi connectivity index (χ3n) is 5.44. The minimum Gasteiger partial charge on any atom is -0.353 e. The number of nitrogens with one attached hydrogen (secondary N) is 1. The normalized spacial score (nSPS) is 18.2. The van der Waals surface area contributed by atoms with Crippen molar-refractivity contribution in [3.63, 3.8) is 0 Å². The molecule has 7 nitrogen and oxygen atoms in total. The van der Waals surface area contributed by atoms with Crippen LogP contribution in [0, 0.1) is 0 Å². The monoisotopic (exact) mass is 384 g/mol. The van der Waals surface area contributed by atoms with Gasteiger partial charge in [-0.2, -0.15) is 0 Å². The Bertz CT molecular complexity index is 749. The smallest absolute Gasteiger partial charge is 0.259 e. The maximum absolute atomic E-state index is 12.7. The summed E-state index contributed by atoms with van der Waals surface area (Å²) in [5.74, 6) is -0.244. The van der Waals surface area contributed by atoms with Crippen molar-refractivity contribution < 1.29 is 14.4 Å². The van der Waals surface area contributed by atoms with Crippen LogP contribution in [0.2, 0.25) is 0 Å². The number of rotatable bonds is 6. The van der Waals surface area contributed by atoms with Gasteiger partial charge in [0.15, 0.2) is 0 Å². The van der Waals surface area contributed by atoms with Gasteiger partial charge >= 0.3 is 0 Å². The second-order valence-electron chi connectivity index (χ2n) is 7.42. The van der Waals surface area contributed by atoms with Gasteiger partial charge < -0.3 is 10.2 Å². The molecule has 150 valence electrons. The Morgan fingerprint density at radius 1 is 1.11 bits per heavy atom. The minimum atomic E-state index is -0.172. The molecule has 2 heterocycles. The lowest BCUT2D eigenvalue weighted by Crippen LogP contribution is -2.53. The van der Waals surface area contributed by atoms with Gasteiger partial charge in [0.25, 0.3) is 5.91 Å². The molecule has 1 unspecified atom stereocenters. The molecule has 1 atom stereocenters. The van der Waals surface area contributed by atoms with Gasteiger partial charge in [-0.1, -0.05) is 31.7 Å². The van der Waals surface area contributed by atoms with Crippen LogP contribution in [-0.4, -0.2) is 77.7 Å². The molecule has 0 bridgehead atoms. The van der Waals surface area contributed by atoms with E-state index >= 15 is 0 Å². The van der Waals surface area contributed by atoms with E-state index in [1.165, 1.54) is 4.90 Å². The van der Waals surface area contributed by atoms with E-state index in [0.717, 1.165) is 12.0 Å². The fourth-order valence-corrected chi connectivity index (χ4v) is 3.52. The number of carbonyl (C=O) groups excluding carboxylic acids is 3. The van der Waals surface area contributed by atoms with Crippen LogP contribution >= 0.6 is 0 Å². The molecule has 3 rings (SSSR count). The number of hydrogen-bond acceptors (Lipinski definition) is 4. The molecule has 3 amide bonds. The Balaban J connectivity index is 1.49. The quantitative estimate of drug-likeness (QED) is 0.799. The summed E-state index contributed by atoms with van der Waals surface area (Å²) in [4.78, 5) is 42.5. The standard InChI is InChI=1S/C21H28N4O3/c1-4-15(2)22-19(26)13-23-9-11-24(12-10-23)20(27)14-25-16(3)17-7-5-6-8-18(17)21(25)28/h5-8,15H,3-4,9-14H2,1-2H3,(H,22,26). The molecular weight excluding hydrogens is 356 g/mol. The summed E-state index contributed by atoms with van der Waals surface area (Å²) in [5, 5.41) is 2.96. The van der Waals surface area contributed by atoms with Crippen molar-refractivity contribution in [3.8, 4) is 0 Å². The van der Waals surface area contributed by atoms with Crippen LogP contribution < -0.4 is 5.32 Å². The first-order valence-corrected chi connectivity index (χ1v) is 9.80. The second kappa shape index (κ2) is 8.56. The van der Waals surface area contributed by atoms with E-state index in [9.17, 15) is 14.4 Å². The van der Waals surface area contributed by atoms with Crippen molar-refractivity contribution in [2.24, 2.45) is 0 Å². The van der Waals surface area contributed by atoms with Gasteiger partial charge in [-0.15, -0.1) is 0 Å². The van der Waals surface area contributed by atoms with Crippen LogP contribution in [0.4, 0.5) is 0 Å². The highest BCUT2D eigenvalue weighted by Gasteiger charge is 2.33. The molecule has 0 saturated carbocycles. The average molecular weight is 384 g/mol. The molecule has 1 aromatic rings. The topological polar surface area (TPSA) is 73.0 Å². The number of benzene rings is 1.